The number of hydrogen-bond acceptors (Lipinski definition) is 6. The number of alkyl halides is 3. The fourth-order valence-electron chi connectivity index (χ4n) is 3.17. The maximum absolute atomic E-state index is 12.9. The normalized spacial score (nSPS) is 15.1. The van der Waals surface area contributed by atoms with Gasteiger partial charge in [0.25, 0.3) is 5.91 Å². The summed E-state index contributed by atoms with van der Waals surface area (Å²) in [7, 11) is 0. The maximum atomic E-state index is 12.9. The van der Waals surface area contributed by atoms with Gasteiger partial charge in [0.1, 0.15) is 0 Å². The van der Waals surface area contributed by atoms with Crippen molar-refractivity contribution in [3.63, 3.8) is 0 Å². The molecule has 1 amide bonds. The number of aromatic nitrogens is 1. The maximum Gasteiger partial charge on any atom is 0.416 e. The Morgan fingerprint density at radius 3 is 2.70 bits per heavy atom. The van der Waals surface area contributed by atoms with Crippen molar-refractivity contribution in [1.82, 2.24) is 9.88 Å². The quantitative estimate of drug-likeness (QED) is 0.597. The van der Waals surface area contributed by atoms with Crippen LogP contribution in [0, 0.1) is 6.92 Å². The zero-order valence-electron chi connectivity index (χ0n) is 18.3. The highest BCUT2D eigenvalue weighted by atomic mass is 19.4. The van der Waals surface area contributed by atoms with Crippen LogP contribution < -0.4 is 5.32 Å². The molecule has 1 fully saturated rings. The molecule has 10 heteroatoms. The first-order chi connectivity index (χ1) is 15.6. The third kappa shape index (κ3) is 6.48. The lowest BCUT2D eigenvalue weighted by Crippen LogP contribution is -2.34. The molecule has 1 N–H and O–H groups in total. The minimum absolute atomic E-state index is 0.116. The van der Waals surface area contributed by atoms with E-state index in [1.165, 1.54) is 18.3 Å². The summed E-state index contributed by atoms with van der Waals surface area (Å²) < 4.78 is 44.1. The van der Waals surface area contributed by atoms with Gasteiger partial charge in [0, 0.05) is 35.6 Å². The number of pyridine rings is 1. The topological polar surface area (TPSA) is 79.2 Å². The summed E-state index contributed by atoms with van der Waals surface area (Å²) >= 11 is 0. The summed E-state index contributed by atoms with van der Waals surface area (Å²) in [5.74, 6) is -0.686. The number of benzene rings is 1. The van der Waals surface area contributed by atoms with Gasteiger partial charge in [-0.05, 0) is 38.1 Å². The first kappa shape index (κ1) is 24.1. The molecular weight excluding hydrogens is 435 g/mol. The number of carbonyl (C=O) groups excluding carboxylic acids is 1. The first-order valence-corrected chi connectivity index (χ1v) is 10.2. The van der Waals surface area contributed by atoms with E-state index in [4.69, 9.17) is 4.74 Å². The predicted molar refractivity (Wildman–Crippen MR) is 118 cm³/mol. The van der Waals surface area contributed by atoms with Crippen LogP contribution in [-0.4, -0.2) is 42.1 Å². The lowest BCUT2D eigenvalue weighted by Gasteiger charge is -2.28. The van der Waals surface area contributed by atoms with Gasteiger partial charge >= 0.3 is 6.18 Å². The smallest absolute Gasteiger partial charge is 0.378 e. The number of amides is 1. The van der Waals surface area contributed by atoms with Crippen LogP contribution in [0.3, 0.4) is 0 Å². The van der Waals surface area contributed by atoms with Crippen molar-refractivity contribution in [2.75, 3.05) is 31.6 Å². The molecule has 1 aliphatic heterocycles. The fraction of sp³-hybridized carbons (Fsp3) is 0.304. The average Bonchev–Trinajstić information content (AvgIpc) is 2.80. The number of carbonyl (C=O) groups is 1. The number of allylic oxidation sites excluding steroid dienone is 1. The highest BCUT2D eigenvalue weighted by molar-refractivity contribution is 6.04. The van der Waals surface area contributed by atoms with Gasteiger partial charge in [-0.15, -0.1) is 0 Å². The summed E-state index contributed by atoms with van der Waals surface area (Å²) in [6.45, 7) is 10.5. The number of ether oxygens (including phenoxy) is 1. The molecule has 174 valence electrons. The second-order valence-corrected chi connectivity index (χ2v) is 7.42. The van der Waals surface area contributed by atoms with Gasteiger partial charge < -0.3 is 15.0 Å². The van der Waals surface area contributed by atoms with Gasteiger partial charge in [-0.25, -0.2) is 0 Å². The number of halogens is 3. The zero-order chi connectivity index (χ0) is 24.0. The van der Waals surface area contributed by atoms with Crippen LogP contribution in [0.2, 0.25) is 0 Å². The van der Waals surface area contributed by atoms with Crippen LogP contribution in [0.1, 0.15) is 34.1 Å². The lowest BCUT2D eigenvalue weighted by molar-refractivity contribution is -0.137. The molecule has 0 spiro atoms. The second-order valence-electron chi connectivity index (χ2n) is 7.42. The van der Waals surface area contributed by atoms with Crippen molar-refractivity contribution in [1.29, 1.82) is 0 Å². The highest BCUT2D eigenvalue weighted by Crippen LogP contribution is 2.30. The van der Waals surface area contributed by atoms with Crippen molar-refractivity contribution >= 4 is 17.3 Å². The van der Waals surface area contributed by atoms with Gasteiger partial charge in [-0.1, -0.05) is 12.6 Å². The monoisotopic (exact) mass is 459 g/mol. The molecule has 0 radical (unpaired) electrons. The Bertz CT molecular complexity index is 1090. The SMILES string of the molecule is C=C(N=N/C=C(\C)N1CCOCC1)c1cc(NC(=O)c2cccc(C(F)(F)F)c2)cnc1C. The minimum atomic E-state index is -4.54. The number of morpholine rings is 1. The Morgan fingerprint density at radius 2 is 2.00 bits per heavy atom. The number of anilines is 1. The van der Waals surface area contributed by atoms with Crippen LogP contribution in [0.15, 0.2) is 65.2 Å². The van der Waals surface area contributed by atoms with Gasteiger partial charge in [0.2, 0.25) is 0 Å². The highest BCUT2D eigenvalue weighted by Gasteiger charge is 2.30. The number of nitrogens with one attached hydrogen (secondary N) is 1. The Hall–Kier alpha value is -3.53. The molecule has 0 unspecified atom stereocenters. The largest absolute Gasteiger partial charge is 0.416 e. The molecule has 0 aliphatic carbocycles. The Labute approximate surface area is 189 Å². The van der Waals surface area contributed by atoms with Crippen molar-refractivity contribution in [3.8, 4) is 0 Å². The van der Waals surface area contributed by atoms with Crippen LogP contribution in [0.5, 0.6) is 0 Å². The Morgan fingerprint density at radius 1 is 1.27 bits per heavy atom. The third-order valence-corrected chi connectivity index (χ3v) is 5.04. The van der Waals surface area contributed by atoms with E-state index in [0.717, 1.165) is 30.9 Å². The van der Waals surface area contributed by atoms with Crippen LogP contribution in [-0.2, 0) is 10.9 Å². The molecule has 7 nitrogen and oxygen atoms in total. The number of aryl methyl sites for hydroxylation is 1. The van der Waals surface area contributed by atoms with E-state index in [1.54, 1.807) is 19.2 Å². The summed E-state index contributed by atoms with van der Waals surface area (Å²) in [5.41, 5.74) is 1.74. The summed E-state index contributed by atoms with van der Waals surface area (Å²) in [6.07, 6.45) is -1.48. The van der Waals surface area contributed by atoms with Crippen LogP contribution >= 0.6 is 0 Å². The van der Waals surface area contributed by atoms with E-state index in [0.29, 0.717) is 35.9 Å². The van der Waals surface area contributed by atoms with Crippen molar-refractivity contribution in [3.05, 3.63) is 77.4 Å². The van der Waals surface area contributed by atoms with Crippen LogP contribution in [0.4, 0.5) is 18.9 Å². The molecule has 1 saturated heterocycles. The molecule has 3 rings (SSSR count). The minimum Gasteiger partial charge on any atom is -0.378 e. The molecule has 33 heavy (non-hydrogen) atoms. The standard InChI is InChI=1S/C23H24F3N5O2/c1-15(31-7-9-33-10-8-31)13-28-30-17(3)21-12-20(14-27-16(21)2)29-22(32)18-5-4-6-19(11-18)23(24,25)26/h4-6,11-14H,3,7-10H2,1-2H3,(H,29,32)/b15-13+,30-28?. The van der Waals surface area contributed by atoms with Gasteiger partial charge in [0.15, 0.2) is 0 Å². The summed E-state index contributed by atoms with van der Waals surface area (Å²) in [6, 6.07) is 5.81. The van der Waals surface area contributed by atoms with Crippen LogP contribution in [0.25, 0.3) is 5.70 Å². The fourth-order valence-corrected chi connectivity index (χ4v) is 3.17. The molecule has 1 aromatic carbocycles. The molecule has 0 saturated carbocycles. The molecule has 0 bridgehead atoms. The Kier molecular flexibility index (Phi) is 7.59. The lowest BCUT2D eigenvalue weighted by atomic mass is 10.1. The second kappa shape index (κ2) is 10.4. The molecular formula is C23H24F3N5O2. The van der Waals surface area contributed by atoms with Gasteiger partial charge in [-0.2, -0.15) is 23.4 Å². The Balaban J connectivity index is 1.71. The number of rotatable bonds is 6. The zero-order valence-corrected chi connectivity index (χ0v) is 18.3. The number of hydrogen-bond donors (Lipinski definition) is 1. The van der Waals surface area contributed by atoms with E-state index in [1.807, 2.05) is 6.92 Å². The van der Waals surface area contributed by atoms with Gasteiger partial charge in [-0.3, -0.25) is 9.78 Å². The van der Waals surface area contributed by atoms with Crippen molar-refractivity contribution in [2.45, 2.75) is 20.0 Å². The first-order valence-electron chi connectivity index (χ1n) is 10.2. The van der Waals surface area contributed by atoms with E-state index in [2.05, 4.69) is 32.0 Å². The summed E-state index contributed by atoms with van der Waals surface area (Å²) in [5, 5.41) is 10.8. The van der Waals surface area contributed by atoms with E-state index in [-0.39, 0.29) is 5.56 Å². The van der Waals surface area contributed by atoms with E-state index in [9.17, 15) is 18.0 Å². The molecule has 0 atom stereocenters. The number of nitrogens with zero attached hydrogens (tertiary/aromatic N) is 4. The van der Waals surface area contributed by atoms with Gasteiger partial charge in [0.05, 0.1) is 42.6 Å². The predicted octanol–water partition coefficient (Wildman–Crippen LogP) is 5.28. The van der Waals surface area contributed by atoms with E-state index < -0.39 is 17.6 Å². The van der Waals surface area contributed by atoms with E-state index >= 15 is 0 Å². The molecule has 1 aromatic heterocycles. The summed E-state index contributed by atoms with van der Waals surface area (Å²) in [4.78, 5) is 18.8. The molecule has 2 aromatic rings. The van der Waals surface area contributed by atoms with Crippen molar-refractivity contribution in [2.24, 2.45) is 10.2 Å². The van der Waals surface area contributed by atoms with Crippen molar-refractivity contribution < 1.29 is 22.7 Å². The number of azo groups is 1. The molecule has 1 aliphatic rings. The average molecular weight is 459 g/mol. The molecule has 2 heterocycles. The third-order valence-electron chi connectivity index (χ3n) is 5.04.